The van der Waals surface area contributed by atoms with Gasteiger partial charge in [-0.1, -0.05) is 41.9 Å². The molecule has 0 saturated heterocycles. The Hall–Kier alpha value is -2.50. The fourth-order valence-electron chi connectivity index (χ4n) is 2.53. The van der Waals surface area contributed by atoms with Crippen molar-refractivity contribution in [2.24, 2.45) is 0 Å². The van der Waals surface area contributed by atoms with E-state index in [1.807, 2.05) is 24.3 Å². The number of nitrogens with zero attached hydrogens (tertiary/aromatic N) is 1. The van der Waals surface area contributed by atoms with Gasteiger partial charge in [0.1, 0.15) is 11.0 Å². The third-order valence-electron chi connectivity index (χ3n) is 3.67. The van der Waals surface area contributed by atoms with E-state index in [0.717, 1.165) is 21.0 Å². The monoisotopic (exact) mass is 356 g/mol. The van der Waals surface area contributed by atoms with E-state index in [1.165, 1.54) is 23.5 Å². The first-order valence-electron chi connectivity index (χ1n) is 7.17. The molecule has 0 aliphatic carbocycles. The predicted molar refractivity (Wildman–Crippen MR) is 96.5 cm³/mol. The first kappa shape index (κ1) is 15.1. The second-order valence-electron chi connectivity index (χ2n) is 5.21. The number of rotatable bonds is 2. The summed E-state index contributed by atoms with van der Waals surface area (Å²) in [4.78, 5) is 17.3. The third-order valence-corrected chi connectivity index (χ3v) is 5.12. The number of carbonyl (C=O) groups is 1. The summed E-state index contributed by atoms with van der Waals surface area (Å²) in [5, 5.41) is 4.60. The lowest BCUT2D eigenvalue weighted by Gasteiger charge is -2.03. The molecule has 0 unspecified atom stereocenters. The van der Waals surface area contributed by atoms with Crippen LogP contribution in [0.5, 0.6) is 0 Å². The van der Waals surface area contributed by atoms with Gasteiger partial charge in [0.25, 0.3) is 5.91 Å². The number of anilines is 1. The van der Waals surface area contributed by atoms with Gasteiger partial charge >= 0.3 is 0 Å². The lowest BCUT2D eigenvalue weighted by atomic mass is 10.2. The van der Waals surface area contributed by atoms with Crippen LogP contribution >= 0.6 is 22.9 Å². The van der Waals surface area contributed by atoms with Crippen LogP contribution in [0.1, 0.15) is 9.67 Å². The molecule has 2 aromatic heterocycles. The molecule has 2 aromatic carbocycles. The minimum atomic E-state index is -0.475. The Morgan fingerprint density at radius 1 is 1.08 bits per heavy atom. The zero-order valence-corrected chi connectivity index (χ0v) is 13.8. The summed E-state index contributed by atoms with van der Waals surface area (Å²) >= 11 is 7.56. The summed E-state index contributed by atoms with van der Waals surface area (Å²) in [6.07, 6.45) is 0. The van der Waals surface area contributed by atoms with E-state index in [9.17, 15) is 9.18 Å². The molecule has 0 saturated carbocycles. The summed E-state index contributed by atoms with van der Waals surface area (Å²) in [6.45, 7) is 0. The number of halogens is 2. The number of thiophene rings is 1. The Labute approximate surface area is 145 Å². The molecule has 6 heteroatoms. The topological polar surface area (TPSA) is 42.0 Å². The second-order valence-corrected chi connectivity index (χ2v) is 6.62. The average molecular weight is 357 g/mol. The lowest BCUT2D eigenvalue weighted by molar-refractivity contribution is 0.103. The maximum Gasteiger partial charge on any atom is 0.265 e. The van der Waals surface area contributed by atoms with E-state index in [4.69, 9.17) is 11.6 Å². The molecule has 0 bridgehead atoms. The first-order valence-corrected chi connectivity index (χ1v) is 8.36. The van der Waals surface area contributed by atoms with Crippen molar-refractivity contribution in [3.8, 4) is 0 Å². The molecule has 1 amide bonds. The standard InChI is InChI=1S/C18H10ClFN2OS/c19-17-11-9-15(18(23)22-14-8-4-2-6-12(14)20)24-16(11)10-5-1-3-7-13(10)21-17/h1-9H,(H,22,23). The number of aromatic nitrogens is 1. The Kier molecular flexibility index (Phi) is 3.67. The molecule has 2 heterocycles. The van der Waals surface area contributed by atoms with Crippen LogP contribution in [-0.4, -0.2) is 10.9 Å². The fourth-order valence-corrected chi connectivity index (χ4v) is 3.92. The minimum Gasteiger partial charge on any atom is -0.319 e. The highest BCUT2D eigenvalue weighted by atomic mass is 35.5. The fraction of sp³-hybridized carbons (Fsp3) is 0. The van der Waals surface area contributed by atoms with Gasteiger partial charge in [0, 0.05) is 15.5 Å². The summed E-state index contributed by atoms with van der Waals surface area (Å²) in [6, 6.07) is 15.4. The van der Waals surface area contributed by atoms with Gasteiger partial charge in [-0.3, -0.25) is 4.79 Å². The van der Waals surface area contributed by atoms with Crippen molar-refractivity contribution >= 4 is 55.5 Å². The molecular weight excluding hydrogens is 347 g/mol. The largest absolute Gasteiger partial charge is 0.319 e. The number of hydrogen-bond acceptors (Lipinski definition) is 3. The highest BCUT2D eigenvalue weighted by Gasteiger charge is 2.16. The average Bonchev–Trinajstić information content (AvgIpc) is 3.03. The Morgan fingerprint density at radius 3 is 2.67 bits per heavy atom. The quantitative estimate of drug-likeness (QED) is 0.482. The molecule has 24 heavy (non-hydrogen) atoms. The van der Waals surface area contributed by atoms with Crippen molar-refractivity contribution in [3.63, 3.8) is 0 Å². The van der Waals surface area contributed by atoms with Crippen molar-refractivity contribution < 1.29 is 9.18 Å². The van der Waals surface area contributed by atoms with Gasteiger partial charge in [-0.2, -0.15) is 0 Å². The highest BCUT2D eigenvalue weighted by molar-refractivity contribution is 7.22. The molecule has 4 rings (SSSR count). The van der Waals surface area contributed by atoms with Gasteiger partial charge in [0.2, 0.25) is 0 Å². The van der Waals surface area contributed by atoms with Crippen molar-refractivity contribution in [1.29, 1.82) is 0 Å². The number of benzene rings is 2. The number of nitrogens with one attached hydrogen (secondary N) is 1. The van der Waals surface area contributed by atoms with Gasteiger partial charge in [0.15, 0.2) is 0 Å². The van der Waals surface area contributed by atoms with Crippen LogP contribution in [-0.2, 0) is 0 Å². The van der Waals surface area contributed by atoms with Gasteiger partial charge in [-0.05, 0) is 24.3 Å². The molecule has 0 aliphatic rings. The predicted octanol–water partition coefficient (Wildman–Crippen LogP) is 5.49. The number of pyridine rings is 1. The number of carbonyl (C=O) groups excluding carboxylic acids is 1. The van der Waals surface area contributed by atoms with Crippen LogP contribution < -0.4 is 5.32 Å². The zero-order chi connectivity index (χ0) is 16.7. The van der Waals surface area contributed by atoms with E-state index in [1.54, 1.807) is 18.2 Å². The smallest absolute Gasteiger partial charge is 0.265 e. The lowest BCUT2D eigenvalue weighted by Crippen LogP contribution is -2.11. The third kappa shape index (κ3) is 2.52. The SMILES string of the molecule is O=C(Nc1ccccc1F)c1cc2c(Cl)nc3ccccc3c2s1. The molecule has 0 spiro atoms. The summed E-state index contributed by atoms with van der Waals surface area (Å²) in [7, 11) is 0. The number of fused-ring (bicyclic) bond motifs is 3. The van der Waals surface area contributed by atoms with Crippen LogP contribution in [0.4, 0.5) is 10.1 Å². The Morgan fingerprint density at radius 2 is 1.83 bits per heavy atom. The summed E-state index contributed by atoms with van der Waals surface area (Å²) in [5.41, 5.74) is 0.923. The number of hydrogen-bond donors (Lipinski definition) is 1. The molecule has 0 aliphatic heterocycles. The van der Waals surface area contributed by atoms with Crippen LogP contribution in [0, 0.1) is 5.82 Å². The minimum absolute atomic E-state index is 0.147. The molecular formula is C18H10ClFN2OS. The van der Waals surface area contributed by atoms with E-state index in [-0.39, 0.29) is 11.6 Å². The number of amides is 1. The van der Waals surface area contributed by atoms with Gasteiger partial charge in [-0.25, -0.2) is 9.37 Å². The summed E-state index contributed by atoms with van der Waals surface area (Å²) in [5.74, 6) is -0.849. The van der Waals surface area contributed by atoms with Gasteiger partial charge in [0.05, 0.1) is 16.1 Å². The van der Waals surface area contributed by atoms with Gasteiger partial charge in [-0.15, -0.1) is 11.3 Å². The molecule has 0 radical (unpaired) electrons. The molecule has 4 aromatic rings. The maximum atomic E-state index is 13.7. The Balaban J connectivity index is 1.80. The van der Waals surface area contributed by atoms with Crippen molar-refractivity contribution in [2.45, 2.75) is 0 Å². The van der Waals surface area contributed by atoms with Crippen LogP contribution in [0.15, 0.2) is 54.6 Å². The molecule has 0 atom stereocenters. The van der Waals surface area contributed by atoms with E-state index in [2.05, 4.69) is 10.3 Å². The van der Waals surface area contributed by atoms with Gasteiger partial charge < -0.3 is 5.32 Å². The van der Waals surface area contributed by atoms with E-state index in [0.29, 0.717) is 10.0 Å². The number of para-hydroxylation sites is 2. The van der Waals surface area contributed by atoms with Crippen LogP contribution in [0.2, 0.25) is 5.15 Å². The highest BCUT2D eigenvalue weighted by Crippen LogP contribution is 2.36. The normalized spacial score (nSPS) is 11.1. The van der Waals surface area contributed by atoms with Crippen molar-refractivity contribution in [3.05, 3.63) is 70.4 Å². The molecule has 0 fully saturated rings. The molecule has 118 valence electrons. The Bertz CT molecular complexity index is 1090. The molecule has 3 nitrogen and oxygen atoms in total. The van der Waals surface area contributed by atoms with E-state index < -0.39 is 5.82 Å². The van der Waals surface area contributed by atoms with Crippen molar-refractivity contribution in [2.75, 3.05) is 5.32 Å². The van der Waals surface area contributed by atoms with Crippen LogP contribution in [0.25, 0.3) is 21.0 Å². The summed E-state index contributed by atoms with van der Waals surface area (Å²) < 4.78 is 14.6. The molecule has 1 N–H and O–H groups in total. The zero-order valence-electron chi connectivity index (χ0n) is 12.2. The van der Waals surface area contributed by atoms with E-state index >= 15 is 0 Å². The first-order chi connectivity index (χ1) is 11.6. The maximum absolute atomic E-state index is 13.7. The van der Waals surface area contributed by atoms with Crippen LogP contribution in [0.3, 0.4) is 0 Å². The second kappa shape index (κ2) is 5.85. The van der Waals surface area contributed by atoms with Crippen molar-refractivity contribution in [1.82, 2.24) is 4.98 Å².